The molecule has 9 heteroatoms. The monoisotopic (exact) mass is 476 g/mol. The SMILES string of the molecule is COC(=O)c1ccc(NC2=C/C(=N/S(=O)(=O)c3ccc(OC)cc3)c3ccccc3C2=O)cc1. The highest BCUT2D eigenvalue weighted by molar-refractivity contribution is 7.90. The molecule has 0 radical (unpaired) electrons. The van der Waals surface area contributed by atoms with Crippen molar-refractivity contribution in [3.05, 3.63) is 101 Å². The maximum absolute atomic E-state index is 13.1. The number of anilines is 1. The van der Waals surface area contributed by atoms with E-state index in [0.717, 1.165) is 0 Å². The minimum Gasteiger partial charge on any atom is -0.497 e. The largest absolute Gasteiger partial charge is 0.497 e. The highest BCUT2D eigenvalue weighted by atomic mass is 32.2. The van der Waals surface area contributed by atoms with E-state index in [2.05, 4.69) is 14.5 Å². The van der Waals surface area contributed by atoms with E-state index in [-0.39, 0.29) is 22.1 Å². The first-order chi connectivity index (χ1) is 16.3. The van der Waals surface area contributed by atoms with E-state index in [1.165, 1.54) is 44.6 Å². The van der Waals surface area contributed by atoms with Gasteiger partial charge in [0.2, 0.25) is 5.78 Å². The van der Waals surface area contributed by atoms with E-state index in [0.29, 0.717) is 28.1 Å². The molecule has 1 N–H and O–H groups in total. The maximum atomic E-state index is 13.1. The first kappa shape index (κ1) is 22.9. The lowest BCUT2D eigenvalue weighted by atomic mass is 9.92. The van der Waals surface area contributed by atoms with Crippen LogP contribution in [0.25, 0.3) is 0 Å². The van der Waals surface area contributed by atoms with Crippen LogP contribution in [0.5, 0.6) is 5.75 Å². The number of hydrogen-bond donors (Lipinski definition) is 1. The molecular formula is C25H20N2O6S. The second kappa shape index (κ2) is 9.32. The van der Waals surface area contributed by atoms with Gasteiger partial charge >= 0.3 is 5.97 Å². The first-order valence-corrected chi connectivity index (χ1v) is 11.6. The Kier molecular flexibility index (Phi) is 6.29. The molecule has 8 nitrogen and oxygen atoms in total. The van der Waals surface area contributed by atoms with Crippen LogP contribution in [0.1, 0.15) is 26.3 Å². The third kappa shape index (κ3) is 4.60. The van der Waals surface area contributed by atoms with Gasteiger partial charge in [-0.05, 0) is 54.6 Å². The summed E-state index contributed by atoms with van der Waals surface area (Å²) in [5, 5.41) is 2.99. The van der Waals surface area contributed by atoms with Crippen molar-refractivity contribution in [3.8, 4) is 5.75 Å². The Hall–Kier alpha value is -4.24. The molecule has 0 atom stereocenters. The predicted octanol–water partition coefficient (Wildman–Crippen LogP) is 3.85. The number of nitrogens with one attached hydrogen (secondary N) is 1. The fourth-order valence-corrected chi connectivity index (χ4v) is 4.39. The highest BCUT2D eigenvalue weighted by Gasteiger charge is 2.26. The average molecular weight is 477 g/mol. The number of carbonyl (C=O) groups excluding carboxylic acids is 2. The first-order valence-electron chi connectivity index (χ1n) is 10.1. The number of methoxy groups -OCH3 is 2. The van der Waals surface area contributed by atoms with Gasteiger partial charge in [0.25, 0.3) is 10.0 Å². The second-order valence-corrected chi connectivity index (χ2v) is 8.86. The van der Waals surface area contributed by atoms with Gasteiger partial charge in [0, 0.05) is 16.8 Å². The molecule has 3 aromatic rings. The third-order valence-electron chi connectivity index (χ3n) is 5.13. The van der Waals surface area contributed by atoms with Gasteiger partial charge in [0.05, 0.1) is 36.1 Å². The summed E-state index contributed by atoms with van der Waals surface area (Å²) in [5.41, 5.74) is 1.89. The van der Waals surface area contributed by atoms with Crippen LogP contribution in [0.4, 0.5) is 5.69 Å². The molecule has 1 aliphatic rings. The summed E-state index contributed by atoms with van der Waals surface area (Å²) in [6, 6.07) is 18.9. The molecule has 1 aliphatic carbocycles. The zero-order valence-corrected chi connectivity index (χ0v) is 19.1. The summed E-state index contributed by atoms with van der Waals surface area (Å²) in [4.78, 5) is 24.7. The van der Waals surface area contributed by atoms with Crippen molar-refractivity contribution in [2.75, 3.05) is 19.5 Å². The van der Waals surface area contributed by atoms with E-state index in [1.54, 1.807) is 48.5 Å². The van der Waals surface area contributed by atoms with Gasteiger partial charge in [0.15, 0.2) is 0 Å². The molecule has 0 spiro atoms. The average Bonchev–Trinajstić information content (AvgIpc) is 2.86. The number of hydrogen-bond acceptors (Lipinski definition) is 7. The minimum atomic E-state index is -4.06. The van der Waals surface area contributed by atoms with Crippen molar-refractivity contribution >= 4 is 33.2 Å². The molecule has 0 fully saturated rings. The van der Waals surface area contributed by atoms with Gasteiger partial charge in [-0.1, -0.05) is 24.3 Å². The van der Waals surface area contributed by atoms with Crippen LogP contribution in [0.15, 0.2) is 93.9 Å². The number of ether oxygens (including phenoxy) is 2. The van der Waals surface area contributed by atoms with Crippen molar-refractivity contribution in [1.29, 1.82) is 0 Å². The zero-order chi connectivity index (χ0) is 24.3. The molecule has 0 unspecified atom stereocenters. The smallest absolute Gasteiger partial charge is 0.337 e. The molecule has 0 amide bonds. The molecule has 34 heavy (non-hydrogen) atoms. The van der Waals surface area contributed by atoms with Gasteiger partial charge in [-0.15, -0.1) is 0 Å². The van der Waals surface area contributed by atoms with Gasteiger partial charge in [-0.2, -0.15) is 12.8 Å². The predicted molar refractivity (Wildman–Crippen MR) is 127 cm³/mol. The van der Waals surface area contributed by atoms with E-state index >= 15 is 0 Å². The van der Waals surface area contributed by atoms with Gasteiger partial charge in [0.1, 0.15) is 5.75 Å². The number of rotatable bonds is 6. The Morgan fingerprint density at radius 2 is 1.53 bits per heavy atom. The van der Waals surface area contributed by atoms with Crippen molar-refractivity contribution in [2.24, 2.45) is 4.40 Å². The van der Waals surface area contributed by atoms with Crippen LogP contribution < -0.4 is 10.1 Å². The molecule has 0 bridgehead atoms. The van der Waals surface area contributed by atoms with E-state index in [1.807, 2.05) is 0 Å². The van der Waals surface area contributed by atoms with Crippen LogP contribution in [-0.4, -0.2) is 40.1 Å². The topological polar surface area (TPSA) is 111 Å². The van der Waals surface area contributed by atoms with E-state index < -0.39 is 16.0 Å². The Balaban J connectivity index is 1.73. The van der Waals surface area contributed by atoms with Crippen LogP contribution in [0, 0.1) is 0 Å². The van der Waals surface area contributed by atoms with Crippen molar-refractivity contribution in [1.82, 2.24) is 0 Å². The van der Waals surface area contributed by atoms with Crippen molar-refractivity contribution in [2.45, 2.75) is 4.90 Å². The Bertz CT molecular complexity index is 1420. The number of benzene rings is 3. The number of fused-ring (bicyclic) bond motifs is 1. The van der Waals surface area contributed by atoms with Gasteiger partial charge in [-0.25, -0.2) is 4.79 Å². The molecule has 172 valence electrons. The van der Waals surface area contributed by atoms with Gasteiger partial charge < -0.3 is 14.8 Å². The molecule has 0 saturated heterocycles. The number of carbonyl (C=O) groups is 2. The standard InChI is InChI=1S/C25H20N2O6S/c1-32-18-11-13-19(14-12-18)34(30,31)27-22-15-23(24(28)21-6-4-3-5-20(21)22)26-17-9-7-16(8-10-17)25(29)33-2/h3-15,26H,1-2H3/b27-22-. The maximum Gasteiger partial charge on any atom is 0.337 e. The van der Waals surface area contributed by atoms with Crippen molar-refractivity contribution in [3.63, 3.8) is 0 Å². The Labute approximate surface area is 196 Å². The van der Waals surface area contributed by atoms with Crippen LogP contribution in [0.3, 0.4) is 0 Å². The number of ketones is 1. The van der Waals surface area contributed by atoms with Crippen LogP contribution >= 0.6 is 0 Å². The quantitative estimate of drug-likeness (QED) is 0.538. The summed E-state index contributed by atoms with van der Waals surface area (Å²) in [5.74, 6) is -0.273. The van der Waals surface area contributed by atoms with Gasteiger partial charge in [-0.3, -0.25) is 4.79 Å². The fraction of sp³-hybridized carbons (Fsp3) is 0.0800. The second-order valence-electron chi connectivity index (χ2n) is 7.25. The number of allylic oxidation sites excluding steroid dienone is 2. The fourth-order valence-electron chi connectivity index (χ4n) is 3.39. The molecule has 4 rings (SSSR count). The molecule has 0 aliphatic heterocycles. The van der Waals surface area contributed by atoms with Crippen LogP contribution in [-0.2, 0) is 14.8 Å². The summed E-state index contributed by atoms with van der Waals surface area (Å²) < 4.78 is 39.8. The van der Waals surface area contributed by atoms with Crippen molar-refractivity contribution < 1.29 is 27.5 Å². The lowest BCUT2D eigenvalue weighted by Gasteiger charge is -2.19. The van der Waals surface area contributed by atoms with Crippen LogP contribution in [0.2, 0.25) is 0 Å². The number of esters is 1. The van der Waals surface area contributed by atoms with E-state index in [9.17, 15) is 18.0 Å². The summed E-state index contributed by atoms with van der Waals surface area (Å²) >= 11 is 0. The summed E-state index contributed by atoms with van der Waals surface area (Å²) in [6.45, 7) is 0. The molecular weight excluding hydrogens is 456 g/mol. The Morgan fingerprint density at radius 3 is 2.15 bits per heavy atom. The highest BCUT2D eigenvalue weighted by Crippen LogP contribution is 2.26. The molecule has 0 saturated carbocycles. The lowest BCUT2D eigenvalue weighted by molar-refractivity contribution is 0.0600. The zero-order valence-electron chi connectivity index (χ0n) is 18.3. The lowest BCUT2D eigenvalue weighted by Crippen LogP contribution is -2.22. The molecule has 3 aromatic carbocycles. The Morgan fingerprint density at radius 1 is 0.882 bits per heavy atom. The number of sulfonamides is 1. The number of nitrogens with zero attached hydrogens (tertiary/aromatic N) is 1. The third-order valence-corrected chi connectivity index (χ3v) is 6.44. The summed E-state index contributed by atoms with van der Waals surface area (Å²) in [6.07, 6.45) is 1.40. The molecule has 0 aromatic heterocycles. The normalized spacial score (nSPS) is 14.2. The minimum absolute atomic E-state index is 0.00325. The number of Topliss-reactive ketones (excluding diaryl/α,β-unsaturated/α-hetero) is 1. The molecule has 0 heterocycles. The van der Waals surface area contributed by atoms with E-state index in [4.69, 9.17) is 4.74 Å². The summed E-state index contributed by atoms with van der Waals surface area (Å²) in [7, 11) is -1.28.